The predicted octanol–water partition coefficient (Wildman–Crippen LogP) is 1.42. The molecule has 2 saturated heterocycles. The molecule has 5 heteroatoms. The molecule has 0 radical (unpaired) electrons. The fourth-order valence-corrected chi connectivity index (χ4v) is 3.27. The van der Waals surface area contributed by atoms with E-state index in [1.54, 1.807) is 0 Å². The molecule has 1 aromatic rings. The van der Waals surface area contributed by atoms with Crippen molar-refractivity contribution in [2.45, 2.75) is 44.9 Å². The van der Waals surface area contributed by atoms with Gasteiger partial charge in [-0.3, -0.25) is 4.90 Å². The third-order valence-electron chi connectivity index (χ3n) is 4.48. The average molecular weight is 278 g/mol. The first-order valence-electron chi connectivity index (χ1n) is 7.91. The van der Waals surface area contributed by atoms with E-state index >= 15 is 0 Å². The Kier molecular flexibility index (Phi) is 4.70. The van der Waals surface area contributed by atoms with Crippen molar-refractivity contribution in [2.75, 3.05) is 32.8 Å². The van der Waals surface area contributed by atoms with Crippen LogP contribution in [0.3, 0.4) is 0 Å². The van der Waals surface area contributed by atoms with Crippen molar-refractivity contribution in [3.8, 4) is 0 Å². The van der Waals surface area contributed by atoms with Gasteiger partial charge in [0, 0.05) is 25.7 Å². The Balaban J connectivity index is 1.63. The van der Waals surface area contributed by atoms with Gasteiger partial charge in [0.05, 0.1) is 24.8 Å². The van der Waals surface area contributed by atoms with Crippen molar-refractivity contribution < 1.29 is 4.74 Å². The molecule has 0 aromatic carbocycles. The van der Waals surface area contributed by atoms with Gasteiger partial charge in [-0.15, -0.1) is 0 Å². The quantitative estimate of drug-likeness (QED) is 0.904. The summed E-state index contributed by atoms with van der Waals surface area (Å²) in [5.41, 5.74) is 1.21. The van der Waals surface area contributed by atoms with Crippen LogP contribution in [0, 0.1) is 0 Å². The van der Waals surface area contributed by atoms with Crippen molar-refractivity contribution in [1.82, 2.24) is 19.8 Å². The summed E-state index contributed by atoms with van der Waals surface area (Å²) in [5.74, 6) is 0. The van der Waals surface area contributed by atoms with Crippen LogP contribution in [0.5, 0.6) is 0 Å². The Morgan fingerprint density at radius 1 is 1.40 bits per heavy atom. The lowest BCUT2D eigenvalue weighted by molar-refractivity contribution is 0.0219. The summed E-state index contributed by atoms with van der Waals surface area (Å²) in [6.07, 6.45) is 8.14. The van der Waals surface area contributed by atoms with Crippen molar-refractivity contribution in [2.24, 2.45) is 0 Å². The number of rotatable bonds is 4. The second-order valence-corrected chi connectivity index (χ2v) is 5.98. The molecule has 0 bridgehead atoms. The number of imidazole rings is 1. The summed E-state index contributed by atoms with van der Waals surface area (Å²) in [6, 6.07) is 0.569. The van der Waals surface area contributed by atoms with Crippen LogP contribution in [0.25, 0.3) is 0 Å². The van der Waals surface area contributed by atoms with E-state index in [4.69, 9.17) is 4.74 Å². The van der Waals surface area contributed by atoms with E-state index in [1.807, 2.05) is 12.5 Å². The second-order valence-electron chi connectivity index (χ2n) is 5.98. The number of aromatic nitrogens is 2. The number of likely N-dealkylation sites (tertiary alicyclic amines) is 1. The zero-order valence-corrected chi connectivity index (χ0v) is 12.4. The third kappa shape index (κ3) is 3.22. The largest absolute Gasteiger partial charge is 0.369 e. The van der Waals surface area contributed by atoms with Crippen LogP contribution >= 0.6 is 0 Å². The maximum Gasteiger partial charge on any atom is 0.111 e. The molecule has 0 spiro atoms. The van der Waals surface area contributed by atoms with Gasteiger partial charge in [-0.05, 0) is 32.9 Å². The molecule has 0 aliphatic carbocycles. The van der Waals surface area contributed by atoms with Crippen molar-refractivity contribution in [3.05, 3.63) is 18.2 Å². The number of nitrogens with one attached hydrogen (secondary N) is 1. The van der Waals surface area contributed by atoms with E-state index in [-0.39, 0.29) is 6.10 Å². The summed E-state index contributed by atoms with van der Waals surface area (Å²) in [4.78, 5) is 6.94. The normalized spacial score (nSPS) is 26.6. The molecule has 3 rings (SSSR count). The summed E-state index contributed by atoms with van der Waals surface area (Å²) in [6.45, 7) is 8.46. The lowest BCUT2D eigenvalue weighted by atomic mass is 10.1. The van der Waals surface area contributed by atoms with Gasteiger partial charge in [0.1, 0.15) is 6.10 Å². The van der Waals surface area contributed by atoms with Crippen molar-refractivity contribution in [1.29, 1.82) is 0 Å². The molecular formula is C15H26N4O. The Hall–Kier alpha value is -0.910. The maximum absolute atomic E-state index is 5.85. The second kappa shape index (κ2) is 6.70. The van der Waals surface area contributed by atoms with Crippen molar-refractivity contribution >= 4 is 0 Å². The molecule has 2 atom stereocenters. The first-order valence-corrected chi connectivity index (χ1v) is 7.91. The Morgan fingerprint density at radius 3 is 3.00 bits per heavy atom. The number of hydrogen-bond donors (Lipinski definition) is 1. The van der Waals surface area contributed by atoms with Crippen LogP contribution in [0.1, 0.15) is 38.0 Å². The number of piperidine rings is 1. The highest BCUT2D eigenvalue weighted by molar-refractivity contribution is 5.05. The summed E-state index contributed by atoms with van der Waals surface area (Å²) in [7, 11) is 0. The molecular weight excluding hydrogens is 252 g/mol. The fourth-order valence-electron chi connectivity index (χ4n) is 3.27. The summed E-state index contributed by atoms with van der Waals surface area (Å²) < 4.78 is 8.13. The average Bonchev–Trinajstić information content (AvgIpc) is 2.97. The standard InChI is InChI=1S/C15H26N4O/c1-13(18-6-3-2-4-7-18)11-19-12-17-9-14(19)15-10-16-5-8-20-15/h9,12-13,15-16H,2-8,10-11H2,1H3. The Bertz CT molecular complexity index is 408. The van der Waals surface area contributed by atoms with Crippen LogP contribution in [-0.4, -0.2) is 53.3 Å². The van der Waals surface area contributed by atoms with Gasteiger partial charge in [-0.2, -0.15) is 0 Å². The van der Waals surface area contributed by atoms with Crippen LogP contribution in [-0.2, 0) is 11.3 Å². The van der Waals surface area contributed by atoms with Gasteiger partial charge < -0.3 is 14.6 Å². The van der Waals surface area contributed by atoms with Gasteiger partial charge >= 0.3 is 0 Å². The number of ether oxygens (including phenoxy) is 1. The minimum absolute atomic E-state index is 0.153. The number of nitrogens with zero attached hydrogens (tertiary/aromatic N) is 3. The van der Waals surface area contributed by atoms with Crippen LogP contribution < -0.4 is 5.32 Å². The minimum atomic E-state index is 0.153. The molecule has 0 amide bonds. The molecule has 20 heavy (non-hydrogen) atoms. The monoisotopic (exact) mass is 278 g/mol. The van der Waals surface area contributed by atoms with Gasteiger partial charge in [0.2, 0.25) is 0 Å². The molecule has 2 aliphatic heterocycles. The SMILES string of the molecule is CC(Cn1cncc1C1CNCCO1)N1CCCCC1. The van der Waals surface area contributed by atoms with Gasteiger partial charge in [-0.1, -0.05) is 6.42 Å². The Labute approximate surface area is 121 Å². The summed E-state index contributed by atoms with van der Waals surface area (Å²) in [5, 5.41) is 3.39. The molecule has 5 nitrogen and oxygen atoms in total. The van der Waals surface area contributed by atoms with Crippen molar-refractivity contribution in [3.63, 3.8) is 0 Å². The molecule has 3 heterocycles. The van der Waals surface area contributed by atoms with Crippen LogP contribution in [0.15, 0.2) is 12.5 Å². The highest BCUT2D eigenvalue weighted by atomic mass is 16.5. The topological polar surface area (TPSA) is 42.3 Å². The van der Waals surface area contributed by atoms with E-state index in [0.717, 1.165) is 26.2 Å². The van der Waals surface area contributed by atoms with E-state index in [0.29, 0.717) is 6.04 Å². The lowest BCUT2D eigenvalue weighted by Crippen LogP contribution is -2.40. The van der Waals surface area contributed by atoms with Gasteiger partial charge in [-0.25, -0.2) is 4.98 Å². The lowest BCUT2D eigenvalue weighted by Gasteiger charge is -2.33. The van der Waals surface area contributed by atoms with E-state index in [1.165, 1.54) is 38.0 Å². The van der Waals surface area contributed by atoms with E-state index in [9.17, 15) is 0 Å². The predicted molar refractivity (Wildman–Crippen MR) is 78.7 cm³/mol. The van der Waals surface area contributed by atoms with Crippen LogP contribution in [0.4, 0.5) is 0 Å². The first kappa shape index (κ1) is 14.0. The van der Waals surface area contributed by atoms with E-state index < -0.39 is 0 Å². The third-order valence-corrected chi connectivity index (χ3v) is 4.48. The zero-order valence-electron chi connectivity index (χ0n) is 12.4. The van der Waals surface area contributed by atoms with Gasteiger partial charge in [0.25, 0.3) is 0 Å². The molecule has 1 aromatic heterocycles. The zero-order chi connectivity index (χ0) is 13.8. The molecule has 2 aliphatic rings. The molecule has 2 unspecified atom stereocenters. The maximum atomic E-state index is 5.85. The highest BCUT2D eigenvalue weighted by Gasteiger charge is 2.22. The summed E-state index contributed by atoms with van der Waals surface area (Å²) >= 11 is 0. The van der Waals surface area contributed by atoms with E-state index in [2.05, 4.69) is 26.7 Å². The smallest absolute Gasteiger partial charge is 0.111 e. The number of hydrogen-bond acceptors (Lipinski definition) is 4. The Morgan fingerprint density at radius 2 is 2.25 bits per heavy atom. The molecule has 0 saturated carbocycles. The molecule has 1 N–H and O–H groups in total. The first-order chi connectivity index (χ1) is 9.84. The highest BCUT2D eigenvalue weighted by Crippen LogP contribution is 2.20. The van der Waals surface area contributed by atoms with Crippen LogP contribution in [0.2, 0.25) is 0 Å². The molecule has 2 fully saturated rings. The molecule has 112 valence electrons. The minimum Gasteiger partial charge on any atom is -0.369 e. The number of morpholine rings is 1. The fraction of sp³-hybridized carbons (Fsp3) is 0.800. The van der Waals surface area contributed by atoms with Gasteiger partial charge in [0.15, 0.2) is 0 Å².